The Morgan fingerprint density at radius 3 is 2.58 bits per heavy atom. The van der Waals surface area contributed by atoms with Crippen LogP contribution in [-0.2, 0) is 6.61 Å². The van der Waals surface area contributed by atoms with Crippen molar-refractivity contribution < 1.29 is 14.9 Å². The van der Waals surface area contributed by atoms with Gasteiger partial charge in [-0.3, -0.25) is 0 Å². The first-order valence-corrected chi connectivity index (χ1v) is 6.25. The molecule has 19 heavy (non-hydrogen) atoms. The molecule has 0 saturated heterocycles. The lowest BCUT2D eigenvalue weighted by Crippen LogP contribution is -1.98. The Labute approximate surface area is 113 Å². The molecule has 0 aliphatic carbocycles. The first-order chi connectivity index (χ1) is 9.06. The Kier molecular flexibility index (Phi) is 4.07. The maximum atomic E-state index is 9.51. The molecule has 0 aliphatic heterocycles. The average Bonchev–Trinajstić information content (AvgIpc) is 2.37. The van der Waals surface area contributed by atoms with Crippen molar-refractivity contribution in [1.29, 1.82) is 0 Å². The van der Waals surface area contributed by atoms with E-state index in [0.717, 1.165) is 22.4 Å². The number of ether oxygens (including phenoxy) is 1. The summed E-state index contributed by atoms with van der Waals surface area (Å²) in [6.45, 7) is 4.09. The van der Waals surface area contributed by atoms with E-state index in [9.17, 15) is 10.2 Å². The Balaban J connectivity index is 2.07. The molecule has 1 atom stereocenters. The second-order valence-electron chi connectivity index (χ2n) is 4.66. The van der Waals surface area contributed by atoms with Gasteiger partial charge < -0.3 is 14.9 Å². The molecule has 2 aromatic rings. The molecule has 0 aliphatic rings. The van der Waals surface area contributed by atoms with Gasteiger partial charge in [0, 0.05) is 0 Å². The Bertz CT molecular complexity index is 562. The van der Waals surface area contributed by atoms with Gasteiger partial charge in [0.25, 0.3) is 0 Å². The lowest BCUT2D eigenvalue weighted by molar-refractivity contribution is 0.199. The Hall–Kier alpha value is -2.00. The second kappa shape index (κ2) is 5.76. The van der Waals surface area contributed by atoms with Gasteiger partial charge >= 0.3 is 0 Å². The molecular weight excluding hydrogens is 240 g/mol. The monoisotopic (exact) mass is 258 g/mol. The summed E-state index contributed by atoms with van der Waals surface area (Å²) < 4.78 is 5.72. The highest BCUT2D eigenvalue weighted by Gasteiger charge is 2.05. The number of aliphatic hydroxyl groups is 1. The number of aromatic hydroxyl groups is 1. The molecular formula is C16H18O3. The van der Waals surface area contributed by atoms with Crippen LogP contribution in [-0.4, -0.2) is 10.2 Å². The predicted molar refractivity (Wildman–Crippen MR) is 74.3 cm³/mol. The van der Waals surface area contributed by atoms with E-state index in [0.29, 0.717) is 6.61 Å². The highest BCUT2D eigenvalue weighted by Crippen LogP contribution is 2.23. The first kappa shape index (κ1) is 13.4. The molecule has 100 valence electrons. The van der Waals surface area contributed by atoms with Gasteiger partial charge in [-0.25, -0.2) is 0 Å². The van der Waals surface area contributed by atoms with Crippen molar-refractivity contribution in [2.24, 2.45) is 0 Å². The van der Waals surface area contributed by atoms with Gasteiger partial charge in [0.2, 0.25) is 0 Å². The fourth-order valence-electron chi connectivity index (χ4n) is 1.90. The van der Waals surface area contributed by atoms with Crippen molar-refractivity contribution in [2.45, 2.75) is 26.6 Å². The molecule has 0 radical (unpaired) electrons. The number of hydrogen-bond donors (Lipinski definition) is 2. The summed E-state index contributed by atoms with van der Waals surface area (Å²) in [7, 11) is 0. The highest BCUT2D eigenvalue weighted by atomic mass is 16.5. The Morgan fingerprint density at radius 2 is 1.95 bits per heavy atom. The van der Waals surface area contributed by atoms with Crippen molar-refractivity contribution in [3.63, 3.8) is 0 Å². The third-order valence-corrected chi connectivity index (χ3v) is 2.99. The SMILES string of the molecule is Cc1cc([C@H](C)O)ccc1OCc1cccc(O)c1. The van der Waals surface area contributed by atoms with Crippen LogP contribution in [0.4, 0.5) is 0 Å². The van der Waals surface area contributed by atoms with Gasteiger partial charge in [-0.2, -0.15) is 0 Å². The summed E-state index contributed by atoms with van der Waals surface area (Å²) in [5, 5.41) is 18.9. The largest absolute Gasteiger partial charge is 0.508 e. The second-order valence-corrected chi connectivity index (χ2v) is 4.66. The Morgan fingerprint density at radius 1 is 1.16 bits per heavy atom. The van der Waals surface area contributed by atoms with Crippen LogP contribution < -0.4 is 4.74 Å². The lowest BCUT2D eigenvalue weighted by atomic mass is 10.1. The maximum absolute atomic E-state index is 9.51. The number of rotatable bonds is 4. The van der Waals surface area contributed by atoms with E-state index in [2.05, 4.69) is 0 Å². The van der Waals surface area contributed by atoms with Crippen LogP contribution in [0.25, 0.3) is 0 Å². The van der Waals surface area contributed by atoms with Crippen molar-refractivity contribution in [3.8, 4) is 11.5 Å². The van der Waals surface area contributed by atoms with Gasteiger partial charge in [0.1, 0.15) is 18.1 Å². The molecule has 2 N–H and O–H groups in total. The van der Waals surface area contributed by atoms with Crippen molar-refractivity contribution >= 4 is 0 Å². The fourth-order valence-corrected chi connectivity index (χ4v) is 1.90. The minimum atomic E-state index is -0.473. The summed E-state index contributed by atoms with van der Waals surface area (Å²) in [5.41, 5.74) is 2.78. The molecule has 0 bridgehead atoms. The summed E-state index contributed by atoms with van der Waals surface area (Å²) in [6, 6.07) is 12.6. The molecule has 0 saturated carbocycles. The molecule has 3 nitrogen and oxygen atoms in total. The van der Waals surface area contributed by atoms with E-state index in [1.54, 1.807) is 25.1 Å². The van der Waals surface area contributed by atoms with Gasteiger partial charge in [-0.1, -0.05) is 18.2 Å². The van der Waals surface area contributed by atoms with Crippen LogP contribution in [0.15, 0.2) is 42.5 Å². The lowest BCUT2D eigenvalue weighted by Gasteiger charge is -2.12. The van der Waals surface area contributed by atoms with Crippen LogP contribution in [0.2, 0.25) is 0 Å². The van der Waals surface area contributed by atoms with E-state index >= 15 is 0 Å². The minimum Gasteiger partial charge on any atom is -0.508 e. The molecule has 0 heterocycles. The molecule has 3 heteroatoms. The number of benzene rings is 2. The smallest absolute Gasteiger partial charge is 0.122 e. The molecule has 0 aromatic heterocycles. The number of hydrogen-bond acceptors (Lipinski definition) is 3. The van der Waals surface area contributed by atoms with Gasteiger partial charge in [-0.15, -0.1) is 0 Å². The topological polar surface area (TPSA) is 49.7 Å². The fraction of sp³-hybridized carbons (Fsp3) is 0.250. The predicted octanol–water partition coefficient (Wildman–Crippen LogP) is 3.33. The normalized spacial score (nSPS) is 12.2. The third kappa shape index (κ3) is 3.48. The van der Waals surface area contributed by atoms with Crippen LogP contribution in [0.3, 0.4) is 0 Å². The number of aryl methyl sites for hydroxylation is 1. The quantitative estimate of drug-likeness (QED) is 0.884. The number of aliphatic hydroxyl groups excluding tert-OH is 1. The van der Waals surface area contributed by atoms with E-state index < -0.39 is 6.10 Å². The van der Waals surface area contributed by atoms with E-state index in [1.807, 2.05) is 31.2 Å². The molecule has 0 unspecified atom stereocenters. The molecule has 2 aromatic carbocycles. The number of phenols is 1. The summed E-state index contributed by atoms with van der Waals surface area (Å²) in [6.07, 6.45) is -0.473. The first-order valence-electron chi connectivity index (χ1n) is 6.25. The zero-order chi connectivity index (χ0) is 13.8. The van der Waals surface area contributed by atoms with Gasteiger partial charge in [0.15, 0.2) is 0 Å². The molecule has 0 fully saturated rings. The maximum Gasteiger partial charge on any atom is 0.122 e. The minimum absolute atomic E-state index is 0.238. The zero-order valence-electron chi connectivity index (χ0n) is 11.1. The van der Waals surface area contributed by atoms with Gasteiger partial charge in [0.05, 0.1) is 6.10 Å². The standard InChI is InChI=1S/C16H18O3/c1-11-8-14(12(2)17)6-7-16(11)19-10-13-4-3-5-15(18)9-13/h3-9,12,17-18H,10H2,1-2H3/t12-/m0/s1. The number of phenolic OH excluding ortho intramolecular Hbond substituents is 1. The van der Waals surface area contributed by atoms with Crippen molar-refractivity contribution in [2.75, 3.05) is 0 Å². The van der Waals surface area contributed by atoms with Crippen LogP contribution in [0.1, 0.15) is 29.7 Å². The van der Waals surface area contributed by atoms with E-state index in [-0.39, 0.29) is 5.75 Å². The average molecular weight is 258 g/mol. The zero-order valence-corrected chi connectivity index (χ0v) is 11.1. The molecule has 2 rings (SSSR count). The highest BCUT2D eigenvalue weighted by molar-refractivity contribution is 5.37. The van der Waals surface area contributed by atoms with Crippen molar-refractivity contribution in [3.05, 3.63) is 59.2 Å². The summed E-state index contributed by atoms with van der Waals surface area (Å²) in [4.78, 5) is 0. The van der Waals surface area contributed by atoms with Gasteiger partial charge in [-0.05, 0) is 54.8 Å². The van der Waals surface area contributed by atoms with Crippen LogP contribution in [0, 0.1) is 6.92 Å². The van der Waals surface area contributed by atoms with E-state index in [4.69, 9.17) is 4.74 Å². The molecule has 0 amide bonds. The molecule has 0 spiro atoms. The summed E-state index contributed by atoms with van der Waals surface area (Å²) >= 11 is 0. The van der Waals surface area contributed by atoms with E-state index in [1.165, 1.54) is 0 Å². The van der Waals surface area contributed by atoms with Crippen molar-refractivity contribution in [1.82, 2.24) is 0 Å². The third-order valence-electron chi connectivity index (χ3n) is 2.99. The van der Waals surface area contributed by atoms with Crippen LogP contribution in [0.5, 0.6) is 11.5 Å². The van der Waals surface area contributed by atoms with Crippen LogP contribution >= 0.6 is 0 Å². The summed E-state index contributed by atoms with van der Waals surface area (Å²) in [5.74, 6) is 1.02.